The van der Waals surface area contributed by atoms with Crippen LogP contribution in [0.2, 0.25) is 5.28 Å². The molecule has 66 valence electrons. The van der Waals surface area contributed by atoms with Gasteiger partial charge in [-0.3, -0.25) is 0 Å². The lowest BCUT2D eigenvalue weighted by molar-refractivity contribution is 0.887. The summed E-state index contributed by atoms with van der Waals surface area (Å²) < 4.78 is 0. The molecule has 0 unspecified atom stereocenters. The van der Waals surface area contributed by atoms with Crippen LogP contribution in [0.4, 0.5) is 11.9 Å². The van der Waals surface area contributed by atoms with Gasteiger partial charge in [-0.05, 0) is 18.5 Å². The van der Waals surface area contributed by atoms with E-state index in [0.29, 0.717) is 5.95 Å². The SMILES string of the molecule is CCN(C)c1nc(N)nc(Cl)n1. The number of nitrogens with zero attached hydrogens (tertiary/aromatic N) is 4. The van der Waals surface area contributed by atoms with E-state index in [2.05, 4.69) is 15.0 Å². The standard InChI is InChI=1S/C6H10ClN5/c1-3-12(2)6-10-4(7)9-5(8)11-6/h3H2,1-2H3,(H2,8,9,10,11). The van der Waals surface area contributed by atoms with Crippen LogP contribution in [0, 0.1) is 0 Å². The summed E-state index contributed by atoms with van der Waals surface area (Å²) in [4.78, 5) is 13.3. The van der Waals surface area contributed by atoms with Crippen LogP contribution in [-0.4, -0.2) is 28.5 Å². The molecule has 1 aromatic rings. The van der Waals surface area contributed by atoms with Gasteiger partial charge in [-0.1, -0.05) is 0 Å². The highest BCUT2D eigenvalue weighted by Gasteiger charge is 2.04. The van der Waals surface area contributed by atoms with Crippen LogP contribution >= 0.6 is 11.6 Å². The Morgan fingerprint density at radius 1 is 1.42 bits per heavy atom. The lowest BCUT2D eigenvalue weighted by Gasteiger charge is -2.13. The van der Waals surface area contributed by atoms with E-state index in [4.69, 9.17) is 17.3 Å². The van der Waals surface area contributed by atoms with E-state index in [1.165, 1.54) is 0 Å². The molecule has 1 aromatic heterocycles. The molecule has 0 aromatic carbocycles. The highest BCUT2D eigenvalue weighted by atomic mass is 35.5. The lowest BCUT2D eigenvalue weighted by Crippen LogP contribution is -2.19. The van der Waals surface area contributed by atoms with E-state index in [1.807, 2.05) is 18.9 Å². The quantitative estimate of drug-likeness (QED) is 0.733. The average Bonchev–Trinajstić information content (AvgIpc) is 2.01. The molecule has 0 amide bonds. The molecular formula is C6H10ClN5. The number of nitrogens with two attached hydrogens (primary N) is 1. The highest BCUT2D eigenvalue weighted by molar-refractivity contribution is 6.28. The van der Waals surface area contributed by atoms with Gasteiger partial charge in [0.2, 0.25) is 17.2 Å². The molecule has 0 bridgehead atoms. The molecule has 0 saturated carbocycles. The molecule has 0 spiro atoms. The van der Waals surface area contributed by atoms with Crippen molar-refractivity contribution < 1.29 is 0 Å². The van der Waals surface area contributed by atoms with E-state index >= 15 is 0 Å². The van der Waals surface area contributed by atoms with Gasteiger partial charge in [0.1, 0.15) is 0 Å². The molecule has 0 atom stereocenters. The van der Waals surface area contributed by atoms with Crippen LogP contribution in [0.1, 0.15) is 6.92 Å². The Morgan fingerprint density at radius 2 is 2.08 bits per heavy atom. The molecule has 1 rings (SSSR count). The van der Waals surface area contributed by atoms with Crippen LogP contribution in [0.5, 0.6) is 0 Å². The van der Waals surface area contributed by atoms with Crippen molar-refractivity contribution in [1.82, 2.24) is 15.0 Å². The van der Waals surface area contributed by atoms with Crippen LogP contribution in [0.25, 0.3) is 0 Å². The summed E-state index contributed by atoms with van der Waals surface area (Å²) in [7, 11) is 1.85. The Kier molecular flexibility index (Phi) is 2.65. The van der Waals surface area contributed by atoms with Gasteiger partial charge >= 0.3 is 0 Å². The Hall–Kier alpha value is -1.10. The molecule has 2 N–H and O–H groups in total. The topological polar surface area (TPSA) is 67.9 Å². The van der Waals surface area contributed by atoms with Gasteiger partial charge in [-0.15, -0.1) is 0 Å². The highest BCUT2D eigenvalue weighted by Crippen LogP contribution is 2.09. The fourth-order valence-electron chi connectivity index (χ4n) is 0.667. The summed E-state index contributed by atoms with van der Waals surface area (Å²) >= 11 is 5.58. The van der Waals surface area contributed by atoms with E-state index in [1.54, 1.807) is 0 Å². The smallest absolute Gasteiger partial charge is 0.231 e. The third-order valence-electron chi connectivity index (χ3n) is 1.43. The van der Waals surface area contributed by atoms with E-state index < -0.39 is 0 Å². The van der Waals surface area contributed by atoms with E-state index in [0.717, 1.165) is 6.54 Å². The number of anilines is 2. The second-order valence-corrected chi connectivity index (χ2v) is 2.61. The average molecular weight is 188 g/mol. The first-order chi connectivity index (χ1) is 5.63. The van der Waals surface area contributed by atoms with Crippen molar-refractivity contribution in [2.75, 3.05) is 24.2 Å². The van der Waals surface area contributed by atoms with Gasteiger partial charge in [0.15, 0.2) is 0 Å². The number of hydrogen-bond donors (Lipinski definition) is 1. The van der Waals surface area contributed by atoms with Gasteiger partial charge < -0.3 is 10.6 Å². The molecule has 5 nitrogen and oxygen atoms in total. The van der Waals surface area contributed by atoms with Crippen molar-refractivity contribution in [3.63, 3.8) is 0 Å². The monoisotopic (exact) mass is 187 g/mol. The maximum absolute atomic E-state index is 5.58. The fraction of sp³-hybridized carbons (Fsp3) is 0.500. The normalized spacial score (nSPS) is 9.92. The number of nitrogen functional groups attached to an aromatic ring is 1. The molecule has 0 saturated heterocycles. The Morgan fingerprint density at radius 3 is 2.58 bits per heavy atom. The zero-order valence-corrected chi connectivity index (χ0v) is 7.71. The summed E-state index contributed by atoms with van der Waals surface area (Å²) in [6.07, 6.45) is 0. The van der Waals surface area contributed by atoms with Crippen LogP contribution in [-0.2, 0) is 0 Å². The fourth-order valence-corrected chi connectivity index (χ4v) is 0.829. The molecular weight excluding hydrogens is 178 g/mol. The second kappa shape index (κ2) is 3.53. The largest absolute Gasteiger partial charge is 0.368 e. The van der Waals surface area contributed by atoms with Gasteiger partial charge in [-0.25, -0.2) is 0 Å². The molecule has 0 aliphatic rings. The number of halogens is 1. The van der Waals surface area contributed by atoms with Crippen LogP contribution < -0.4 is 10.6 Å². The summed E-state index contributed by atoms with van der Waals surface area (Å²) in [5.74, 6) is 0.639. The summed E-state index contributed by atoms with van der Waals surface area (Å²) in [5.41, 5.74) is 5.38. The first-order valence-electron chi connectivity index (χ1n) is 3.51. The molecule has 0 fully saturated rings. The van der Waals surface area contributed by atoms with Crippen molar-refractivity contribution in [2.24, 2.45) is 0 Å². The minimum atomic E-state index is 0.123. The van der Waals surface area contributed by atoms with Crippen molar-refractivity contribution in [2.45, 2.75) is 6.92 Å². The van der Waals surface area contributed by atoms with Crippen molar-refractivity contribution in [3.05, 3.63) is 5.28 Å². The zero-order valence-electron chi connectivity index (χ0n) is 6.95. The predicted molar refractivity (Wildman–Crippen MR) is 48.2 cm³/mol. The molecule has 0 radical (unpaired) electrons. The van der Waals surface area contributed by atoms with Crippen LogP contribution in [0.15, 0.2) is 0 Å². The predicted octanol–water partition coefficient (Wildman–Crippen LogP) is 0.563. The van der Waals surface area contributed by atoms with Crippen molar-refractivity contribution in [1.29, 1.82) is 0 Å². The van der Waals surface area contributed by atoms with E-state index in [-0.39, 0.29) is 11.2 Å². The number of rotatable bonds is 2. The van der Waals surface area contributed by atoms with Gasteiger partial charge in [0, 0.05) is 13.6 Å². The number of aromatic nitrogens is 3. The third kappa shape index (κ3) is 1.94. The first kappa shape index (κ1) is 8.99. The lowest BCUT2D eigenvalue weighted by atomic mass is 10.6. The molecule has 6 heteroatoms. The summed E-state index contributed by atoms with van der Waals surface area (Å²) in [6.45, 7) is 2.77. The first-order valence-corrected chi connectivity index (χ1v) is 3.89. The molecule has 1 heterocycles. The van der Waals surface area contributed by atoms with Crippen molar-refractivity contribution in [3.8, 4) is 0 Å². The zero-order chi connectivity index (χ0) is 9.14. The van der Waals surface area contributed by atoms with Gasteiger partial charge in [-0.2, -0.15) is 15.0 Å². The maximum Gasteiger partial charge on any atom is 0.231 e. The van der Waals surface area contributed by atoms with Gasteiger partial charge in [0.05, 0.1) is 0 Å². The Balaban J connectivity index is 3.00. The Labute approximate surface area is 75.6 Å². The minimum absolute atomic E-state index is 0.123. The van der Waals surface area contributed by atoms with Crippen molar-refractivity contribution >= 4 is 23.5 Å². The molecule has 12 heavy (non-hydrogen) atoms. The van der Waals surface area contributed by atoms with E-state index in [9.17, 15) is 0 Å². The molecule has 0 aliphatic heterocycles. The minimum Gasteiger partial charge on any atom is -0.368 e. The summed E-state index contributed by atoms with van der Waals surface area (Å²) in [5, 5.41) is 0.123. The molecule has 0 aliphatic carbocycles. The summed E-state index contributed by atoms with van der Waals surface area (Å²) in [6, 6.07) is 0. The number of hydrogen-bond acceptors (Lipinski definition) is 5. The third-order valence-corrected chi connectivity index (χ3v) is 1.60. The second-order valence-electron chi connectivity index (χ2n) is 2.28. The van der Waals surface area contributed by atoms with Crippen LogP contribution in [0.3, 0.4) is 0 Å². The Bertz CT molecular complexity index is 256. The maximum atomic E-state index is 5.58. The van der Waals surface area contributed by atoms with Gasteiger partial charge in [0.25, 0.3) is 0 Å².